The Labute approximate surface area is 194 Å². The van der Waals surface area contributed by atoms with Crippen LogP contribution in [0.2, 0.25) is 5.02 Å². The van der Waals surface area contributed by atoms with E-state index in [1.54, 1.807) is 49.4 Å². The van der Waals surface area contributed by atoms with Crippen molar-refractivity contribution in [1.82, 2.24) is 0 Å². The Balaban J connectivity index is 1.72. The van der Waals surface area contributed by atoms with Gasteiger partial charge in [-0.15, -0.1) is 0 Å². The minimum Gasteiger partial charge on any atom is -0.480 e. The Kier molecular flexibility index (Phi) is 7.36. The predicted molar refractivity (Wildman–Crippen MR) is 128 cm³/mol. The highest BCUT2D eigenvalue weighted by Crippen LogP contribution is 2.29. The van der Waals surface area contributed by atoms with E-state index >= 15 is 0 Å². The highest BCUT2D eigenvalue weighted by atomic mass is 79.9. The first-order valence-corrected chi connectivity index (χ1v) is 10.8. The number of carbonyl (C=O) groups is 2. The Morgan fingerprint density at radius 3 is 2.42 bits per heavy atom. The van der Waals surface area contributed by atoms with Gasteiger partial charge in [0, 0.05) is 10.7 Å². The molecule has 2 N–H and O–H groups in total. The smallest absolute Gasteiger partial charge is 0.265 e. The van der Waals surface area contributed by atoms with E-state index in [0.717, 1.165) is 11.1 Å². The molecule has 31 heavy (non-hydrogen) atoms. The molecule has 0 heterocycles. The van der Waals surface area contributed by atoms with Crippen molar-refractivity contribution in [3.8, 4) is 5.75 Å². The molecular formula is C24H22BrClN2O3. The van der Waals surface area contributed by atoms with Gasteiger partial charge in [-0.2, -0.15) is 0 Å². The van der Waals surface area contributed by atoms with Crippen LogP contribution in [0.4, 0.5) is 11.4 Å². The number of benzene rings is 3. The van der Waals surface area contributed by atoms with Gasteiger partial charge in [-0.3, -0.25) is 9.59 Å². The highest BCUT2D eigenvalue weighted by molar-refractivity contribution is 9.10. The van der Waals surface area contributed by atoms with E-state index in [1.165, 1.54) is 0 Å². The standard InChI is InChI=1S/C24H22BrClN2O3/c1-14-8-10-18(12-15(14)2)27-24(30)19-6-4-5-7-21(19)28-23(29)16(3)31-22-11-9-17(26)13-20(22)25/h4-13,16H,1-3H3,(H,27,30)(H,28,29). The molecule has 5 nitrogen and oxygen atoms in total. The molecule has 3 aromatic rings. The van der Waals surface area contributed by atoms with Crippen LogP contribution in [0.25, 0.3) is 0 Å². The third-order valence-electron chi connectivity index (χ3n) is 4.76. The maximum atomic E-state index is 12.8. The third kappa shape index (κ3) is 5.87. The van der Waals surface area contributed by atoms with Crippen LogP contribution in [0, 0.1) is 13.8 Å². The van der Waals surface area contributed by atoms with Crippen molar-refractivity contribution in [2.75, 3.05) is 10.6 Å². The van der Waals surface area contributed by atoms with Gasteiger partial charge < -0.3 is 15.4 Å². The van der Waals surface area contributed by atoms with Crippen LogP contribution in [0.5, 0.6) is 5.75 Å². The zero-order valence-corrected chi connectivity index (χ0v) is 19.7. The van der Waals surface area contributed by atoms with E-state index in [-0.39, 0.29) is 11.8 Å². The summed E-state index contributed by atoms with van der Waals surface area (Å²) in [5, 5.41) is 6.22. The quantitative estimate of drug-likeness (QED) is 0.412. The molecule has 2 amide bonds. The van der Waals surface area contributed by atoms with Crippen molar-refractivity contribution in [2.24, 2.45) is 0 Å². The maximum absolute atomic E-state index is 12.8. The first-order chi connectivity index (χ1) is 14.7. The summed E-state index contributed by atoms with van der Waals surface area (Å²) < 4.78 is 6.38. The second kappa shape index (κ2) is 9.98. The second-order valence-electron chi connectivity index (χ2n) is 7.12. The van der Waals surface area contributed by atoms with Crippen LogP contribution in [-0.2, 0) is 4.79 Å². The maximum Gasteiger partial charge on any atom is 0.265 e. The second-order valence-corrected chi connectivity index (χ2v) is 8.41. The number of halogens is 2. The number of hydrogen-bond acceptors (Lipinski definition) is 3. The van der Waals surface area contributed by atoms with Crippen LogP contribution < -0.4 is 15.4 Å². The van der Waals surface area contributed by atoms with Gasteiger partial charge in [0.2, 0.25) is 0 Å². The average Bonchev–Trinajstić information content (AvgIpc) is 2.73. The lowest BCUT2D eigenvalue weighted by Crippen LogP contribution is -2.31. The van der Waals surface area contributed by atoms with Crippen LogP contribution in [0.3, 0.4) is 0 Å². The molecule has 160 valence electrons. The summed E-state index contributed by atoms with van der Waals surface area (Å²) >= 11 is 9.31. The Morgan fingerprint density at radius 2 is 1.71 bits per heavy atom. The molecule has 0 saturated carbocycles. The van der Waals surface area contributed by atoms with Gasteiger partial charge in [0.05, 0.1) is 15.7 Å². The molecule has 0 radical (unpaired) electrons. The number of aryl methyl sites for hydroxylation is 2. The Morgan fingerprint density at radius 1 is 0.968 bits per heavy atom. The third-order valence-corrected chi connectivity index (χ3v) is 5.62. The van der Waals surface area contributed by atoms with Crippen LogP contribution in [0.1, 0.15) is 28.4 Å². The van der Waals surface area contributed by atoms with Gasteiger partial charge in [0.15, 0.2) is 6.10 Å². The minimum absolute atomic E-state index is 0.312. The van der Waals surface area contributed by atoms with E-state index in [1.807, 2.05) is 32.0 Å². The van der Waals surface area contributed by atoms with Crippen molar-refractivity contribution < 1.29 is 14.3 Å². The first kappa shape index (κ1) is 22.8. The molecule has 7 heteroatoms. The molecule has 1 atom stereocenters. The van der Waals surface area contributed by atoms with E-state index in [4.69, 9.17) is 16.3 Å². The number of hydrogen-bond donors (Lipinski definition) is 2. The van der Waals surface area contributed by atoms with Gasteiger partial charge >= 0.3 is 0 Å². The molecule has 0 aliphatic carbocycles. The van der Waals surface area contributed by atoms with Gasteiger partial charge in [-0.25, -0.2) is 0 Å². The van der Waals surface area contributed by atoms with E-state index in [0.29, 0.717) is 32.2 Å². The van der Waals surface area contributed by atoms with Crippen molar-refractivity contribution in [3.63, 3.8) is 0 Å². The van der Waals surface area contributed by atoms with Gasteiger partial charge in [-0.05, 0) is 90.3 Å². The lowest BCUT2D eigenvalue weighted by atomic mass is 10.1. The summed E-state index contributed by atoms with van der Waals surface area (Å²) in [6.45, 7) is 5.63. The average molecular weight is 502 g/mol. The van der Waals surface area contributed by atoms with E-state index in [2.05, 4.69) is 26.6 Å². The number of anilines is 2. The number of ether oxygens (including phenoxy) is 1. The SMILES string of the molecule is Cc1ccc(NC(=O)c2ccccc2NC(=O)C(C)Oc2ccc(Cl)cc2Br)cc1C. The fraction of sp³-hybridized carbons (Fsp3) is 0.167. The highest BCUT2D eigenvalue weighted by Gasteiger charge is 2.19. The largest absolute Gasteiger partial charge is 0.480 e. The molecule has 0 aliphatic rings. The topological polar surface area (TPSA) is 67.4 Å². The molecule has 3 aromatic carbocycles. The van der Waals surface area contributed by atoms with Crippen molar-refractivity contribution >= 4 is 50.7 Å². The molecule has 3 rings (SSSR count). The fourth-order valence-corrected chi connectivity index (χ4v) is 3.63. The first-order valence-electron chi connectivity index (χ1n) is 9.65. The Bertz CT molecular complexity index is 1130. The molecule has 0 fully saturated rings. The van der Waals surface area contributed by atoms with Gasteiger partial charge in [0.1, 0.15) is 5.75 Å². The van der Waals surface area contributed by atoms with Crippen molar-refractivity contribution in [1.29, 1.82) is 0 Å². The molecular weight excluding hydrogens is 480 g/mol. The summed E-state index contributed by atoms with van der Waals surface area (Å²) in [7, 11) is 0. The zero-order chi connectivity index (χ0) is 22.5. The van der Waals surface area contributed by atoms with Crippen LogP contribution in [-0.4, -0.2) is 17.9 Å². The van der Waals surface area contributed by atoms with Crippen molar-refractivity contribution in [2.45, 2.75) is 26.9 Å². The molecule has 1 unspecified atom stereocenters. The summed E-state index contributed by atoms with van der Waals surface area (Å²) in [4.78, 5) is 25.5. The van der Waals surface area contributed by atoms with Gasteiger partial charge in [-0.1, -0.05) is 29.8 Å². The monoisotopic (exact) mass is 500 g/mol. The Hall–Kier alpha value is -2.83. The lowest BCUT2D eigenvalue weighted by Gasteiger charge is -2.17. The number of nitrogens with one attached hydrogen (secondary N) is 2. The predicted octanol–water partition coefficient (Wildman–Crippen LogP) is 6.38. The summed E-state index contributed by atoms with van der Waals surface area (Å²) in [6, 6.07) is 17.6. The number of rotatable bonds is 6. The van der Waals surface area contributed by atoms with E-state index < -0.39 is 6.10 Å². The zero-order valence-electron chi connectivity index (χ0n) is 17.3. The summed E-state index contributed by atoms with van der Waals surface area (Å²) in [5.41, 5.74) is 3.68. The van der Waals surface area contributed by atoms with Crippen molar-refractivity contribution in [3.05, 3.63) is 86.8 Å². The van der Waals surface area contributed by atoms with Crippen LogP contribution in [0.15, 0.2) is 65.1 Å². The minimum atomic E-state index is -0.798. The number of para-hydroxylation sites is 1. The molecule has 0 saturated heterocycles. The summed E-state index contributed by atoms with van der Waals surface area (Å²) in [6.07, 6.45) is -0.798. The lowest BCUT2D eigenvalue weighted by molar-refractivity contribution is -0.122. The fourth-order valence-electron chi connectivity index (χ4n) is 2.86. The molecule has 0 aromatic heterocycles. The summed E-state index contributed by atoms with van der Waals surface area (Å²) in [5.74, 6) is -0.200. The molecule has 0 aliphatic heterocycles. The molecule has 0 bridgehead atoms. The van der Waals surface area contributed by atoms with Gasteiger partial charge in [0.25, 0.3) is 11.8 Å². The number of carbonyl (C=O) groups excluding carboxylic acids is 2. The molecule has 0 spiro atoms. The number of amides is 2. The van der Waals surface area contributed by atoms with Crippen LogP contribution >= 0.6 is 27.5 Å². The normalized spacial score (nSPS) is 11.5. The van der Waals surface area contributed by atoms with E-state index in [9.17, 15) is 9.59 Å².